The fraction of sp³-hybridized carbons (Fsp3) is 0. The van der Waals surface area contributed by atoms with Crippen molar-refractivity contribution in [3.63, 3.8) is 0 Å². The van der Waals surface area contributed by atoms with Gasteiger partial charge in [0.15, 0.2) is 0 Å². The van der Waals surface area contributed by atoms with Gasteiger partial charge in [0, 0.05) is 17.0 Å². The van der Waals surface area contributed by atoms with E-state index in [-0.39, 0.29) is 17.1 Å². The Kier molecular flexibility index (Phi) is 3.78. The minimum Gasteiger partial charge on any atom is -0.508 e. The number of rotatable bonds is 3. The highest BCUT2D eigenvalue weighted by molar-refractivity contribution is 5.94. The van der Waals surface area contributed by atoms with Gasteiger partial charge < -0.3 is 5.11 Å². The molecule has 3 aromatic carbocycles. The van der Waals surface area contributed by atoms with Crippen molar-refractivity contribution in [1.82, 2.24) is 9.78 Å². The number of phenolic OH excluding ortho intramolecular Hbond substituents is 1. The lowest BCUT2D eigenvalue weighted by Crippen LogP contribution is -2.22. The molecule has 0 aliphatic carbocycles. The van der Waals surface area contributed by atoms with Crippen molar-refractivity contribution < 1.29 is 5.11 Å². The first kappa shape index (κ1) is 15.7. The zero-order valence-electron chi connectivity index (χ0n) is 13.5. The summed E-state index contributed by atoms with van der Waals surface area (Å²) in [5.74, 6) is -0.0875. The van der Waals surface area contributed by atoms with E-state index in [1.807, 2.05) is 42.5 Å². The van der Waals surface area contributed by atoms with E-state index in [0.29, 0.717) is 16.5 Å². The molecule has 0 spiro atoms. The Bertz CT molecular complexity index is 1180. The van der Waals surface area contributed by atoms with Gasteiger partial charge in [-0.2, -0.15) is 9.78 Å². The molecule has 126 valence electrons. The van der Waals surface area contributed by atoms with E-state index in [2.05, 4.69) is 10.3 Å². The summed E-state index contributed by atoms with van der Waals surface area (Å²) in [4.78, 5) is 24.1. The summed E-state index contributed by atoms with van der Waals surface area (Å²) in [6.45, 7) is 0. The number of nitrogens with zero attached hydrogens (tertiary/aromatic N) is 3. The number of phenols is 1. The van der Waals surface area contributed by atoms with Gasteiger partial charge in [-0.3, -0.25) is 4.79 Å². The molecule has 0 fully saturated rings. The van der Waals surface area contributed by atoms with Gasteiger partial charge in [-0.1, -0.05) is 48.5 Å². The van der Waals surface area contributed by atoms with Crippen molar-refractivity contribution in [3.8, 4) is 22.7 Å². The maximum atomic E-state index is 13.0. The Balaban J connectivity index is 2.13. The van der Waals surface area contributed by atoms with Crippen LogP contribution < -0.4 is 5.56 Å². The Hall–Kier alpha value is -3.80. The molecule has 0 atom stereocenters. The van der Waals surface area contributed by atoms with Crippen LogP contribution in [0.4, 0.5) is 5.69 Å². The number of hydrogen-bond acceptors (Lipinski definition) is 5. The molecule has 6 heteroatoms. The van der Waals surface area contributed by atoms with E-state index in [4.69, 9.17) is 0 Å². The monoisotopic (exact) mass is 343 g/mol. The number of aromatic hydroxyl groups is 1. The molecule has 4 aromatic rings. The van der Waals surface area contributed by atoms with Crippen molar-refractivity contribution in [2.45, 2.75) is 0 Å². The van der Waals surface area contributed by atoms with E-state index in [1.165, 1.54) is 18.2 Å². The SMILES string of the molecule is O=Nc1ccc(O)cc1-n1nc(-c2ccccc2)c2ccccc2c1=O. The lowest BCUT2D eigenvalue weighted by atomic mass is 10.1. The summed E-state index contributed by atoms with van der Waals surface area (Å²) in [5, 5.41) is 18.4. The maximum absolute atomic E-state index is 13.0. The van der Waals surface area contributed by atoms with Gasteiger partial charge in [0.1, 0.15) is 17.1 Å². The Morgan fingerprint density at radius 3 is 2.31 bits per heavy atom. The molecule has 4 rings (SSSR count). The molecule has 0 bridgehead atoms. The highest BCUT2D eigenvalue weighted by Gasteiger charge is 2.16. The minimum absolute atomic E-state index is 0.0201. The van der Waals surface area contributed by atoms with Crippen LogP contribution in [-0.2, 0) is 0 Å². The molecule has 1 heterocycles. The summed E-state index contributed by atoms with van der Waals surface area (Å²) in [6.07, 6.45) is 0. The standard InChI is InChI=1S/C20H13N3O3/c24-14-10-11-17(22-26)18(12-14)23-20(25)16-9-5-4-8-15(16)19(21-23)13-6-2-1-3-7-13/h1-12,24H. The average molecular weight is 343 g/mol. The molecule has 0 amide bonds. The van der Waals surface area contributed by atoms with Crippen molar-refractivity contribution in [2.75, 3.05) is 0 Å². The predicted octanol–water partition coefficient (Wildman–Crippen LogP) is 4.16. The van der Waals surface area contributed by atoms with Gasteiger partial charge in [-0.15, -0.1) is 4.91 Å². The zero-order valence-corrected chi connectivity index (χ0v) is 13.5. The number of hydrogen-bond donors (Lipinski definition) is 1. The van der Waals surface area contributed by atoms with Gasteiger partial charge in [0.25, 0.3) is 5.56 Å². The molecule has 0 unspecified atom stereocenters. The van der Waals surface area contributed by atoms with E-state index in [9.17, 15) is 14.8 Å². The van der Waals surface area contributed by atoms with Crippen molar-refractivity contribution >= 4 is 16.5 Å². The largest absolute Gasteiger partial charge is 0.508 e. The average Bonchev–Trinajstić information content (AvgIpc) is 2.69. The van der Waals surface area contributed by atoms with Crippen LogP contribution in [0.1, 0.15) is 0 Å². The van der Waals surface area contributed by atoms with Crippen LogP contribution in [0.2, 0.25) is 0 Å². The number of benzene rings is 3. The maximum Gasteiger partial charge on any atom is 0.279 e. The molecule has 0 aliphatic rings. The van der Waals surface area contributed by atoms with Crippen molar-refractivity contribution in [3.05, 3.63) is 88.1 Å². The zero-order chi connectivity index (χ0) is 18.1. The van der Waals surface area contributed by atoms with Crippen LogP contribution in [0, 0.1) is 4.91 Å². The molecule has 0 aliphatic heterocycles. The van der Waals surface area contributed by atoms with Crippen LogP contribution in [0.15, 0.2) is 82.8 Å². The lowest BCUT2D eigenvalue weighted by molar-refractivity contribution is 0.475. The summed E-state index contributed by atoms with van der Waals surface area (Å²) in [6, 6.07) is 20.6. The third-order valence-electron chi connectivity index (χ3n) is 4.14. The fourth-order valence-electron chi connectivity index (χ4n) is 2.92. The van der Waals surface area contributed by atoms with Crippen molar-refractivity contribution in [2.24, 2.45) is 5.18 Å². The van der Waals surface area contributed by atoms with E-state index in [1.54, 1.807) is 12.1 Å². The number of fused-ring (bicyclic) bond motifs is 1. The second-order valence-corrected chi connectivity index (χ2v) is 5.74. The highest BCUT2D eigenvalue weighted by atomic mass is 16.3. The lowest BCUT2D eigenvalue weighted by Gasteiger charge is -2.12. The first-order chi connectivity index (χ1) is 12.7. The molecule has 26 heavy (non-hydrogen) atoms. The second-order valence-electron chi connectivity index (χ2n) is 5.74. The quantitative estimate of drug-likeness (QED) is 0.566. The van der Waals surface area contributed by atoms with Gasteiger partial charge in [-0.25, -0.2) is 0 Å². The molecule has 0 radical (unpaired) electrons. The van der Waals surface area contributed by atoms with Crippen LogP contribution in [0.25, 0.3) is 27.7 Å². The number of nitroso groups, excluding NO2 is 1. The van der Waals surface area contributed by atoms with E-state index >= 15 is 0 Å². The Labute approximate surface area is 147 Å². The molecule has 1 N–H and O–H groups in total. The third kappa shape index (κ3) is 2.53. The summed E-state index contributed by atoms with van der Waals surface area (Å²) in [5.41, 5.74) is 1.19. The molecule has 0 saturated carbocycles. The molecule has 0 saturated heterocycles. The Morgan fingerprint density at radius 2 is 1.58 bits per heavy atom. The Morgan fingerprint density at radius 1 is 0.885 bits per heavy atom. The van der Waals surface area contributed by atoms with Crippen LogP contribution in [-0.4, -0.2) is 14.9 Å². The summed E-state index contributed by atoms with van der Waals surface area (Å²) < 4.78 is 1.11. The first-order valence-corrected chi connectivity index (χ1v) is 7.93. The van der Waals surface area contributed by atoms with Gasteiger partial charge in [0.05, 0.1) is 11.1 Å². The van der Waals surface area contributed by atoms with Gasteiger partial charge >= 0.3 is 0 Å². The van der Waals surface area contributed by atoms with E-state index < -0.39 is 5.56 Å². The van der Waals surface area contributed by atoms with Gasteiger partial charge in [0.2, 0.25) is 0 Å². The van der Waals surface area contributed by atoms with Gasteiger partial charge in [-0.05, 0) is 23.4 Å². The second kappa shape index (κ2) is 6.25. The molecule has 1 aromatic heterocycles. The topological polar surface area (TPSA) is 84.5 Å². The summed E-state index contributed by atoms with van der Waals surface area (Å²) >= 11 is 0. The highest BCUT2D eigenvalue weighted by Crippen LogP contribution is 2.29. The molecule has 6 nitrogen and oxygen atoms in total. The molecular formula is C20H13N3O3. The number of aromatic nitrogens is 2. The first-order valence-electron chi connectivity index (χ1n) is 7.93. The van der Waals surface area contributed by atoms with Crippen molar-refractivity contribution in [1.29, 1.82) is 0 Å². The summed E-state index contributed by atoms with van der Waals surface area (Å²) in [7, 11) is 0. The third-order valence-corrected chi connectivity index (χ3v) is 4.14. The smallest absolute Gasteiger partial charge is 0.279 e. The normalized spacial score (nSPS) is 10.8. The minimum atomic E-state index is -0.393. The predicted molar refractivity (Wildman–Crippen MR) is 99.9 cm³/mol. The molecular weight excluding hydrogens is 330 g/mol. The van der Waals surface area contributed by atoms with Crippen LogP contribution in [0.3, 0.4) is 0 Å². The van der Waals surface area contributed by atoms with E-state index in [0.717, 1.165) is 10.2 Å². The van der Waals surface area contributed by atoms with Crippen LogP contribution >= 0.6 is 0 Å². The van der Waals surface area contributed by atoms with Crippen LogP contribution in [0.5, 0.6) is 5.75 Å². The fourth-order valence-corrected chi connectivity index (χ4v) is 2.92.